The number of esters is 1. The van der Waals surface area contributed by atoms with Gasteiger partial charge in [-0.1, -0.05) is 91.0 Å². The molecule has 3 aromatic carbocycles. The van der Waals surface area contributed by atoms with E-state index in [4.69, 9.17) is 4.74 Å². The molecule has 1 saturated heterocycles. The number of nitrogens with zero attached hydrogens (tertiary/aromatic N) is 1. The van der Waals surface area contributed by atoms with Gasteiger partial charge in [0.15, 0.2) is 5.78 Å². The van der Waals surface area contributed by atoms with Gasteiger partial charge in [-0.05, 0) is 36.5 Å². The van der Waals surface area contributed by atoms with Crippen LogP contribution in [0.4, 0.5) is 0 Å². The van der Waals surface area contributed by atoms with Crippen LogP contribution >= 0.6 is 0 Å². The predicted octanol–water partition coefficient (Wildman–Crippen LogP) is 4.98. The molecule has 1 aliphatic heterocycles. The highest BCUT2D eigenvalue weighted by Crippen LogP contribution is 2.37. The molecule has 4 rings (SSSR count). The number of Topliss-reactive ketones (excluding diaryl/α,β-unsaturated/α-hetero) is 1. The van der Waals surface area contributed by atoms with Crippen molar-refractivity contribution >= 4 is 11.8 Å². The lowest BCUT2D eigenvalue weighted by Gasteiger charge is -2.40. The van der Waals surface area contributed by atoms with Gasteiger partial charge in [0.05, 0.1) is 24.5 Å². The van der Waals surface area contributed by atoms with Gasteiger partial charge in [-0.2, -0.15) is 0 Å². The van der Waals surface area contributed by atoms with Gasteiger partial charge in [-0.15, -0.1) is 0 Å². The van der Waals surface area contributed by atoms with Crippen molar-refractivity contribution in [3.63, 3.8) is 0 Å². The SMILES string of the molecule is CCOC(=O)C1(c2ccccc2)CCN(CC(=O)C(c2ccccc2)c2ccccc2)CC1. The number of benzene rings is 3. The van der Waals surface area contributed by atoms with Gasteiger partial charge in [0.1, 0.15) is 0 Å². The van der Waals surface area contributed by atoms with Crippen molar-refractivity contribution < 1.29 is 14.3 Å². The molecule has 1 aliphatic rings. The fourth-order valence-corrected chi connectivity index (χ4v) is 4.90. The second-order valence-corrected chi connectivity index (χ2v) is 8.67. The maximum absolute atomic E-state index is 13.5. The van der Waals surface area contributed by atoms with E-state index in [1.165, 1.54) is 0 Å². The number of carbonyl (C=O) groups excluding carboxylic acids is 2. The van der Waals surface area contributed by atoms with E-state index in [1.807, 2.05) is 97.9 Å². The van der Waals surface area contributed by atoms with Gasteiger partial charge >= 0.3 is 5.97 Å². The van der Waals surface area contributed by atoms with Crippen molar-refractivity contribution in [2.75, 3.05) is 26.2 Å². The van der Waals surface area contributed by atoms with E-state index in [0.29, 0.717) is 39.1 Å². The molecular weight excluding hydrogens is 410 g/mol. The Morgan fingerprint density at radius 2 is 1.30 bits per heavy atom. The number of hydrogen-bond donors (Lipinski definition) is 0. The predicted molar refractivity (Wildman–Crippen MR) is 130 cm³/mol. The zero-order valence-electron chi connectivity index (χ0n) is 19.2. The minimum atomic E-state index is -0.644. The summed E-state index contributed by atoms with van der Waals surface area (Å²) in [6, 6.07) is 29.9. The third-order valence-electron chi connectivity index (χ3n) is 6.67. The van der Waals surface area contributed by atoms with E-state index in [0.717, 1.165) is 16.7 Å². The van der Waals surface area contributed by atoms with Crippen LogP contribution in [-0.4, -0.2) is 42.9 Å². The van der Waals surface area contributed by atoms with Gasteiger partial charge in [-0.25, -0.2) is 0 Å². The van der Waals surface area contributed by atoms with Crippen LogP contribution in [0, 0.1) is 0 Å². The number of piperidine rings is 1. The van der Waals surface area contributed by atoms with Gasteiger partial charge in [0.2, 0.25) is 0 Å². The van der Waals surface area contributed by atoms with Gasteiger partial charge < -0.3 is 4.74 Å². The minimum absolute atomic E-state index is 0.159. The summed E-state index contributed by atoms with van der Waals surface area (Å²) in [5.41, 5.74) is 2.38. The topological polar surface area (TPSA) is 46.6 Å². The third-order valence-corrected chi connectivity index (χ3v) is 6.67. The molecule has 0 bridgehead atoms. The van der Waals surface area contributed by atoms with Crippen LogP contribution in [-0.2, 0) is 19.7 Å². The fraction of sp³-hybridized carbons (Fsp3) is 0.310. The molecule has 0 aromatic heterocycles. The summed E-state index contributed by atoms with van der Waals surface area (Å²) in [7, 11) is 0. The Morgan fingerprint density at radius 1 is 0.818 bits per heavy atom. The van der Waals surface area contributed by atoms with Crippen LogP contribution in [0.1, 0.15) is 42.4 Å². The summed E-state index contributed by atoms with van der Waals surface area (Å²) in [4.78, 5) is 28.7. The lowest BCUT2D eigenvalue weighted by molar-refractivity contribution is -0.152. The lowest BCUT2D eigenvalue weighted by atomic mass is 9.72. The fourth-order valence-electron chi connectivity index (χ4n) is 4.90. The van der Waals surface area contributed by atoms with Crippen molar-refractivity contribution in [3.8, 4) is 0 Å². The molecule has 0 amide bonds. The second kappa shape index (κ2) is 10.6. The molecule has 4 nitrogen and oxygen atoms in total. The molecule has 0 N–H and O–H groups in total. The largest absolute Gasteiger partial charge is 0.465 e. The van der Waals surface area contributed by atoms with Crippen molar-refractivity contribution in [3.05, 3.63) is 108 Å². The molecule has 0 unspecified atom stereocenters. The summed E-state index contributed by atoms with van der Waals surface area (Å²) in [6.07, 6.45) is 1.29. The molecule has 1 fully saturated rings. The van der Waals surface area contributed by atoms with Gasteiger partial charge in [-0.3, -0.25) is 14.5 Å². The number of rotatable bonds is 8. The first kappa shape index (κ1) is 22.9. The average Bonchev–Trinajstić information content (AvgIpc) is 2.87. The summed E-state index contributed by atoms with van der Waals surface area (Å²) >= 11 is 0. The minimum Gasteiger partial charge on any atom is -0.465 e. The summed E-state index contributed by atoms with van der Waals surface area (Å²) in [5, 5.41) is 0. The molecule has 33 heavy (non-hydrogen) atoms. The van der Waals surface area contributed by atoms with E-state index in [9.17, 15) is 9.59 Å². The number of ketones is 1. The van der Waals surface area contributed by atoms with E-state index >= 15 is 0 Å². The normalized spacial score (nSPS) is 15.8. The average molecular weight is 442 g/mol. The lowest BCUT2D eigenvalue weighted by Crippen LogP contribution is -2.49. The van der Waals surface area contributed by atoms with Crippen LogP contribution < -0.4 is 0 Å². The van der Waals surface area contributed by atoms with Crippen LogP contribution in [0.25, 0.3) is 0 Å². The first-order chi connectivity index (χ1) is 16.1. The molecule has 0 saturated carbocycles. The summed E-state index contributed by atoms with van der Waals surface area (Å²) in [5.74, 6) is -0.275. The Labute approximate surface area is 196 Å². The van der Waals surface area contributed by atoms with Crippen LogP contribution in [0.15, 0.2) is 91.0 Å². The van der Waals surface area contributed by atoms with Crippen LogP contribution in [0.3, 0.4) is 0 Å². The maximum Gasteiger partial charge on any atom is 0.316 e. The quantitative estimate of drug-likeness (QED) is 0.462. The summed E-state index contributed by atoms with van der Waals surface area (Å²) < 4.78 is 5.48. The first-order valence-corrected chi connectivity index (χ1v) is 11.7. The molecule has 0 atom stereocenters. The zero-order chi connectivity index (χ0) is 23.1. The molecule has 170 valence electrons. The third kappa shape index (κ3) is 5.07. The molecule has 1 heterocycles. The Hall–Kier alpha value is -3.24. The number of likely N-dealkylation sites (tertiary alicyclic amines) is 1. The van der Waals surface area contributed by atoms with E-state index < -0.39 is 5.41 Å². The highest BCUT2D eigenvalue weighted by atomic mass is 16.5. The van der Waals surface area contributed by atoms with Crippen LogP contribution in [0.2, 0.25) is 0 Å². The van der Waals surface area contributed by atoms with Gasteiger partial charge in [0, 0.05) is 13.1 Å². The van der Waals surface area contributed by atoms with E-state index in [2.05, 4.69) is 4.90 Å². The highest BCUT2D eigenvalue weighted by molar-refractivity contribution is 5.90. The zero-order valence-corrected chi connectivity index (χ0v) is 19.2. The monoisotopic (exact) mass is 441 g/mol. The van der Waals surface area contributed by atoms with Crippen molar-refractivity contribution in [2.24, 2.45) is 0 Å². The Bertz CT molecular complexity index is 1000. The van der Waals surface area contributed by atoms with Crippen LogP contribution in [0.5, 0.6) is 0 Å². The summed E-state index contributed by atoms with van der Waals surface area (Å²) in [6.45, 7) is 3.93. The molecule has 4 heteroatoms. The van der Waals surface area contributed by atoms with E-state index in [-0.39, 0.29) is 17.7 Å². The Morgan fingerprint density at radius 3 is 1.79 bits per heavy atom. The number of ether oxygens (including phenoxy) is 1. The number of carbonyl (C=O) groups is 2. The van der Waals surface area contributed by atoms with E-state index in [1.54, 1.807) is 0 Å². The molecule has 0 spiro atoms. The molecule has 0 radical (unpaired) electrons. The highest BCUT2D eigenvalue weighted by Gasteiger charge is 2.44. The first-order valence-electron chi connectivity index (χ1n) is 11.7. The number of hydrogen-bond acceptors (Lipinski definition) is 4. The maximum atomic E-state index is 13.5. The second-order valence-electron chi connectivity index (χ2n) is 8.67. The van der Waals surface area contributed by atoms with Gasteiger partial charge in [0.25, 0.3) is 0 Å². The standard InChI is InChI=1S/C29H31NO3/c1-2-33-28(32)29(25-16-10-5-11-17-25)18-20-30(21-19-29)22-26(31)27(23-12-6-3-7-13-23)24-14-8-4-9-15-24/h3-17,27H,2,18-22H2,1H3. The molecule has 3 aromatic rings. The Kier molecular flexibility index (Phi) is 7.36. The van der Waals surface area contributed by atoms with Crippen molar-refractivity contribution in [2.45, 2.75) is 31.1 Å². The van der Waals surface area contributed by atoms with Crippen molar-refractivity contribution in [1.82, 2.24) is 4.90 Å². The smallest absolute Gasteiger partial charge is 0.316 e. The molecular formula is C29H31NO3. The van der Waals surface area contributed by atoms with Crippen molar-refractivity contribution in [1.29, 1.82) is 0 Å². The Balaban J connectivity index is 1.51. The molecule has 0 aliphatic carbocycles.